The number of hydrogen-bond donors (Lipinski definition) is 2. The molecule has 1 fully saturated rings. The molecule has 1 aromatic carbocycles. The fourth-order valence-corrected chi connectivity index (χ4v) is 2.66. The van der Waals surface area contributed by atoms with E-state index in [9.17, 15) is 14.3 Å². The molecule has 1 aliphatic carbocycles. The van der Waals surface area contributed by atoms with E-state index in [2.05, 4.69) is 5.32 Å². The maximum atomic E-state index is 13.6. The van der Waals surface area contributed by atoms with Gasteiger partial charge in [0.2, 0.25) is 5.91 Å². The highest BCUT2D eigenvalue weighted by molar-refractivity contribution is 8.00. The van der Waals surface area contributed by atoms with Crippen molar-refractivity contribution in [3.8, 4) is 0 Å². The van der Waals surface area contributed by atoms with Crippen LogP contribution < -0.4 is 5.32 Å². The van der Waals surface area contributed by atoms with Crippen molar-refractivity contribution in [2.75, 3.05) is 5.75 Å². The van der Waals surface area contributed by atoms with E-state index in [0.29, 0.717) is 10.9 Å². The van der Waals surface area contributed by atoms with Gasteiger partial charge in [0.25, 0.3) is 0 Å². The van der Waals surface area contributed by atoms with Gasteiger partial charge in [-0.15, -0.1) is 11.8 Å². The number of aliphatic hydroxyl groups is 1. The minimum absolute atomic E-state index is 0.0386. The van der Waals surface area contributed by atoms with Crippen LogP contribution in [0.4, 0.5) is 4.39 Å². The van der Waals surface area contributed by atoms with Gasteiger partial charge in [-0.2, -0.15) is 0 Å². The molecule has 3 nitrogen and oxygen atoms in total. The first-order chi connectivity index (χ1) is 8.58. The lowest BCUT2D eigenvalue weighted by Gasteiger charge is -2.12. The molecule has 2 rings (SSSR count). The average molecular weight is 269 g/mol. The smallest absolute Gasteiger partial charge is 0.230 e. The molecule has 1 aliphatic rings. The molecular formula is C13H16FNO2S. The molecule has 0 unspecified atom stereocenters. The fourth-order valence-electron chi connectivity index (χ4n) is 1.69. The van der Waals surface area contributed by atoms with E-state index in [1.807, 2.05) is 0 Å². The minimum atomic E-state index is -0.875. The van der Waals surface area contributed by atoms with Crippen molar-refractivity contribution >= 4 is 17.7 Å². The summed E-state index contributed by atoms with van der Waals surface area (Å²) in [6, 6.07) is 4.96. The second-order valence-electron chi connectivity index (χ2n) is 4.46. The normalized spacial score (nSPS) is 16.4. The van der Waals surface area contributed by atoms with E-state index in [-0.39, 0.29) is 17.2 Å². The molecule has 1 saturated carbocycles. The van der Waals surface area contributed by atoms with Gasteiger partial charge in [0.15, 0.2) is 0 Å². The summed E-state index contributed by atoms with van der Waals surface area (Å²) in [5.41, 5.74) is 0.265. The first kappa shape index (κ1) is 13.4. The quantitative estimate of drug-likeness (QED) is 0.806. The zero-order chi connectivity index (χ0) is 13.1. The van der Waals surface area contributed by atoms with Gasteiger partial charge in [0, 0.05) is 16.5 Å². The van der Waals surface area contributed by atoms with E-state index in [1.54, 1.807) is 12.1 Å². The summed E-state index contributed by atoms with van der Waals surface area (Å²) in [4.78, 5) is 12.2. The van der Waals surface area contributed by atoms with Crippen LogP contribution in [0.2, 0.25) is 0 Å². The van der Waals surface area contributed by atoms with Gasteiger partial charge in [-0.25, -0.2) is 4.39 Å². The van der Waals surface area contributed by atoms with Crippen LogP contribution in [-0.2, 0) is 4.79 Å². The summed E-state index contributed by atoms with van der Waals surface area (Å²) in [5, 5.41) is 12.4. The van der Waals surface area contributed by atoms with Crippen molar-refractivity contribution in [2.24, 2.45) is 0 Å². The third kappa shape index (κ3) is 3.46. The molecule has 2 N–H and O–H groups in total. The number of carbonyl (C=O) groups excluding carboxylic acids is 1. The van der Waals surface area contributed by atoms with Gasteiger partial charge in [-0.1, -0.05) is 6.07 Å². The van der Waals surface area contributed by atoms with E-state index >= 15 is 0 Å². The molecule has 0 spiro atoms. The summed E-state index contributed by atoms with van der Waals surface area (Å²) in [6.07, 6.45) is 1.23. The zero-order valence-electron chi connectivity index (χ0n) is 10.1. The van der Waals surface area contributed by atoms with Crippen molar-refractivity contribution in [1.82, 2.24) is 5.32 Å². The summed E-state index contributed by atoms with van der Waals surface area (Å²) < 4.78 is 13.6. The SMILES string of the molecule is C[C@@H](O)c1c(F)cccc1SCC(=O)NC1CC1. The minimum Gasteiger partial charge on any atom is -0.389 e. The number of halogens is 1. The second kappa shape index (κ2) is 5.71. The lowest BCUT2D eigenvalue weighted by atomic mass is 10.1. The zero-order valence-corrected chi connectivity index (χ0v) is 11.0. The van der Waals surface area contributed by atoms with Crippen molar-refractivity contribution in [3.63, 3.8) is 0 Å². The lowest BCUT2D eigenvalue weighted by molar-refractivity contribution is -0.118. The van der Waals surface area contributed by atoms with Gasteiger partial charge in [0.05, 0.1) is 11.9 Å². The first-order valence-corrected chi connectivity index (χ1v) is 6.95. The molecule has 0 aromatic heterocycles. The van der Waals surface area contributed by atoms with E-state index in [0.717, 1.165) is 12.8 Å². The predicted octanol–water partition coefficient (Wildman–Crippen LogP) is 2.25. The standard InChI is InChI=1S/C13H16FNO2S/c1-8(16)13-10(14)3-2-4-11(13)18-7-12(17)15-9-5-6-9/h2-4,8-9,16H,5-7H2,1H3,(H,15,17)/t8-/m1/s1. The Kier molecular flexibility index (Phi) is 4.24. The van der Waals surface area contributed by atoms with Crippen LogP contribution in [0.25, 0.3) is 0 Å². The van der Waals surface area contributed by atoms with Gasteiger partial charge < -0.3 is 10.4 Å². The Bertz CT molecular complexity index is 447. The average Bonchev–Trinajstić information content (AvgIpc) is 3.09. The molecule has 98 valence electrons. The Labute approximate surface area is 110 Å². The van der Waals surface area contributed by atoms with Crippen LogP contribution in [0, 0.1) is 5.82 Å². The number of aliphatic hydroxyl groups excluding tert-OH is 1. The van der Waals surface area contributed by atoms with Crippen LogP contribution in [0.5, 0.6) is 0 Å². The molecule has 0 radical (unpaired) electrons. The highest BCUT2D eigenvalue weighted by atomic mass is 32.2. The molecular weight excluding hydrogens is 253 g/mol. The van der Waals surface area contributed by atoms with Gasteiger partial charge in [0.1, 0.15) is 5.82 Å². The summed E-state index contributed by atoms with van der Waals surface area (Å²) in [5.74, 6) is -0.222. The summed E-state index contributed by atoms with van der Waals surface area (Å²) >= 11 is 1.26. The number of benzene rings is 1. The molecule has 1 amide bonds. The molecule has 18 heavy (non-hydrogen) atoms. The number of carbonyl (C=O) groups is 1. The monoisotopic (exact) mass is 269 g/mol. The highest BCUT2D eigenvalue weighted by Crippen LogP contribution is 2.29. The van der Waals surface area contributed by atoms with Crippen LogP contribution in [0.1, 0.15) is 31.4 Å². The third-order valence-electron chi connectivity index (χ3n) is 2.73. The number of nitrogens with one attached hydrogen (secondary N) is 1. The van der Waals surface area contributed by atoms with E-state index in [1.165, 1.54) is 24.8 Å². The lowest BCUT2D eigenvalue weighted by Crippen LogP contribution is -2.27. The summed E-state index contributed by atoms with van der Waals surface area (Å²) in [7, 11) is 0. The maximum Gasteiger partial charge on any atom is 0.230 e. The fraction of sp³-hybridized carbons (Fsp3) is 0.462. The van der Waals surface area contributed by atoms with Gasteiger partial charge in [-0.05, 0) is 31.9 Å². The van der Waals surface area contributed by atoms with Crippen molar-refractivity contribution in [2.45, 2.75) is 36.8 Å². The highest BCUT2D eigenvalue weighted by Gasteiger charge is 2.23. The van der Waals surface area contributed by atoms with E-state index < -0.39 is 11.9 Å². The van der Waals surface area contributed by atoms with Crippen molar-refractivity contribution < 1.29 is 14.3 Å². The van der Waals surface area contributed by atoms with Crippen LogP contribution >= 0.6 is 11.8 Å². The number of amides is 1. The van der Waals surface area contributed by atoms with Crippen LogP contribution in [0.3, 0.4) is 0 Å². The topological polar surface area (TPSA) is 49.3 Å². The maximum absolute atomic E-state index is 13.6. The number of thioether (sulfide) groups is 1. The van der Waals surface area contributed by atoms with E-state index in [4.69, 9.17) is 0 Å². The predicted molar refractivity (Wildman–Crippen MR) is 68.9 cm³/mol. The van der Waals surface area contributed by atoms with Crippen molar-refractivity contribution in [3.05, 3.63) is 29.6 Å². The Morgan fingerprint density at radius 1 is 1.61 bits per heavy atom. The Balaban J connectivity index is 1.99. The largest absolute Gasteiger partial charge is 0.389 e. The summed E-state index contributed by atoms with van der Waals surface area (Å²) in [6.45, 7) is 1.52. The Hall–Kier alpha value is -1.07. The second-order valence-corrected chi connectivity index (χ2v) is 5.48. The molecule has 0 aliphatic heterocycles. The molecule has 1 aromatic rings. The van der Waals surface area contributed by atoms with Gasteiger partial charge in [-0.3, -0.25) is 4.79 Å². The molecule has 1 atom stereocenters. The van der Waals surface area contributed by atoms with Crippen molar-refractivity contribution in [1.29, 1.82) is 0 Å². The van der Waals surface area contributed by atoms with Gasteiger partial charge >= 0.3 is 0 Å². The molecule has 0 saturated heterocycles. The molecule has 0 heterocycles. The molecule has 0 bridgehead atoms. The number of rotatable bonds is 5. The first-order valence-electron chi connectivity index (χ1n) is 5.96. The Morgan fingerprint density at radius 2 is 2.33 bits per heavy atom. The molecule has 5 heteroatoms. The van der Waals surface area contributed by atoms with Crippen LogP contribution in [-0.4, -0.2) is 22.8 Å². The Morgan fingerprint density at radius 3 is 2.94 bits per heavy atom. The third-order valence-corrected chi connectivity index (χ3v) is 3.81. The number of hydrogen-bond acceptors (Lipinski definition) is 3. The van der Waals surface area contributed by atoms with Crippen LogP contribution in [0.15, 0.2) is 23.1 Å².